The number of urea groups is 1. The number of hydrogen-bond donors (Lipinski definition) is 1. The van der Waals surface area contributed by atoms with Crippen LogP contribution in [0.25, 0.3) is 5.69 Å². The number of rotatable bonds is 2. The number of nitrogens with zero attached hydrogens (tertiary/aromatic N) is 4. The molecular weight excluding hydrogens is 292 g/mol. The van der Waals surface area contributed by atoms with Gasteiger partial charge >= 0.3 is 6.03 Å². The first-order valence-corrected chi connectivity index (χ1v) is 6.92. The van der Waals surface area contributed by atoms with Crippen LogP contribution < -0.4 is 5.32 Å². The van der Waals surface area contributed by atoms with Crippen molar-refractivity contribution in [2.75, 3.05) is 18.4 Å². The zero-order valence-electron chi connectivity index (χ0n) is 11.7. The Kier molecular flexibility index (Phi) is 3.74. The van der Waals surface area contributed by atoms with Gasteiger partial charge in [-0.15, -0.1) is 0 Å². The first kappa shape index (κ1) is 14.4. The van der Waals surface area contributed by atoms with Gasteiger partial charge < -0.3 is 10.2 Å². The van der Waals surface area contributed by atoms with Gasteiger partial charge in [0.2, 0.25) is 0 Å². The number of benzene rings is 1. The number of amides is 2. The van der Waals surface area contributed by atoms with Crippen molar-refractivity contribution in [3.63, 3.8) is 0 Å². The molecule has 116 valence electrons. The van der Waals surface area contributed by atoms with Crippen LogP contribution in [0.4, 0.5) is 19.3 Å². The summed E-state index contributed by atoms with van der Waals surface area (Å²) in [4.78, 5) is 17.4. The van der Waals surface area contributed by atoms with Crippen LogP contribution >= 0.6 is 0 Å². The molecule has 0 atom stereocenters. The van der Waals surface area contributed by atoms with E-state index >= 15 is 0 Å². The number of nitrogens with one attached hydrogen (secondary N) is 1. The maximum atomic E-state index is 13.1. The molecule has 1 aliphatic rings. The third-order valence-electron chi connectivity index (χ3n) is 3.56. The van der Waals surface area contributed by atoms with E-state index in [1.54, 1.807) is 29.2 Å². The molecule has 3 rings (SSSR count). The summed E-state index contributed by atoms with van der Waals surface area (Å²) in [6.07, 6.45) is 2.38. The minimum absolute atomic E-state index is 0.0571. The van der Waals surface area contributed by atoms with Crippen LogP contribution in [0, 0.1) is 0 Å². The van der Waals surface area contributed by atoms with Gasteiger partial charge in [0.15, 0.2) is 0 Å². The molecule has 2 amide bonds. The van der Waals surface area contributed by atoms with Gasteiger partial charge in [-0.2, -0.15) is 5.10 Å². The Morgan fingerprint density at radius 3 is 2.73 bits per heavy atom. The molecule has 1 N–H and O–H groups in total. The third-order valence-corrected chi connectivity index (χ3v) is 3.56. The number of piperidine rings is 1. The molecule has 1 saturated heterocycles. The first-order chi connectivity index (χ1) is 10.5. The lowest BCUT2D eigenvalue weighted by atomic mass is 10.1. The second-order valence-electron chi connectivity index (χ2n) is 5.16. The van der Waals surface area contributed by atoms with Crippen LogP contribution in [0.2, 0.25) is 0 Å². The van der Waals surface area contributed by atoms with Crippen molar-refractivity contribution in [2.45, 2.75) is 18.8 Å². The van der Waals surface area contributed by atoms with E-state index in [9.17, 15) is 13.6 Å². The summed E-state index contributed by atoms with van der Waals surface area (Å²) in [7, 11) is 0. The van der Waals surface area contributed by atoms with Gasteiger partial charge in [0.1, 0.15) is 12.7 Å². The predicted octanol–water partition coefficient (Wildman–Crippen LogP) is 2.53. The zero-order chi connectivity index (χ0) is 15.6. The average Bonchev–Trinajstić information content (AvgIpc) is 3.01. The Balaban J connectivity index is 1.66. The van der Waals surface area contributed by atoms with E-state index in [-0.39, 0.29) is 32.0 Å². The average molecular weight is 307 g/mol. The predicted molar refractivity (Wildman–Crippen MR) is 76.1 cm³/mol. The lowest BCUT2D eigenvalue weighted by molar-refractivity contribution is -0.0461. The molecule has 1 aromatic heterocycles. The molecule has 0 unspecified atom stereocenters. The molecule has 0 spiro atoms. The Morgan fingerprint density at radius 2 is 2.05 bits per heavy atom. The minimum atomic E-state index is -2.66. The second-order valence-corrected chi connectivity index (χ2v) is 5.16. The molecule has 1 aromatic carbocycles. The molecule has 8 heteroatoms. The van der Waals surface area contributed by atoms with E-state index in [0.29, 0.717) is 5.69 Å². The molecule has 1 fully saturated rings. The Morgan fingerprint density at radius 1 is 1.27 bits per heavy atom. The van der Waals surface area contributed by atoms with Crippen molar-refractivity contribution in [1.29, 1.82) is 0 Å². The molecule has 0 aliphatic carbocycles. The van der Waals surface area contributed by atoms with E-state index in [1.165, 1.54) is 11.2 Å². The van der Waals surface area contributed by atoms with Crippen molar-refractivity contribution in [3.05, 3.63) is 36.9 Å². The SMILES string of the molecule is O=C(Nc1cccc(-n2cncn2)c1)N1CCC(F)(F)CC1. The lowest BCUT2D eigenvalue weighted by Gasteiger charge is -2.31. The van der Waals surface area contributed by atoms with E-state index < -0.39 is 5.92 Å². The van der Waals surface area contributed by atoms with Crippen LogP contribution in [0.1, 0.15) is 12.8 Å². The standard InChI is InChI=1S/C14H15F2N5O/c15-14(16)4-6-20(7-5-14)13(22)19-11-2-1-3-12(8-11)21-10-17-9-18-21/h1-3,8-10H,4-7H2,(H,19,22). The number of carbonyl (C=O) groups is 1. The van der Waals surface area contributed by atoms with Gasteiger partial charge in [-0.1, -0.05) is 6.07 Å². The molecule has 22 heavy (non-hydrogen) atoms. The van der Waals surface area contributed by atoms with Gasteiger partial charge in [-0.05, 0) is 18.2 Å². The van der Waals surface area contributed by atoms with Crippen LogP contribution in [0.15, 0.2) is 36.9 Å². The van der Waals surface area contributed by atoms with E-state index in [0.717, 1.165) is 5.69 Å². The normalized spacial score (nSPS) is 17.3. The van der Waals surface area contributed by atoms with Crippen molar-refractivity contribution in [2.24, 2.45) is 0 Å². The summed E-state index contributed by atoms with van der Waals surface area (Å²) < 4.78 is 27.8. The smallest absolute Gasteiger partial charge is 0.321 e. The molecule has 0 saturated carbocycles. The topological polar surface area (TPSA) is 63.1 Å². The lowest BCUT2D eigenvalue weighted by Crippen LogP contribution is -2.44. The quantitative estimate of drug-likeness (QED) is 0.927. The van der Waals surface area contributed by atoms with Crippen LogP contribution in [0.5, 0.6) is 0 Å². The maximum Gasteiger partial charge on any atom is 0.321 e. The number of aromatic nitrogens is 3. The van der Waals surface area contributed by atoms with E-state index in [1.807, 2.05) is 6.07 Å². The number of alkyl halides is 2. The molecule has 0 bridgehead atoms. The highest BCUT2D eigenvalue weighted by molar-refractivity contribution is 5.89. The highest BCUT2D eigenvalue weighted by Gasteiger charge is 2.35. The fraction of sp³-hybridized carbons (Fsp3) is 0.357. The molecule has 1 aliphatic heterocycles. The minimum Gasteiger partial charge on any atom is -0.324 e. The summed E-state index contributed by atoms with van der Waals surface area (Å²) in [6.45, 7) is 0.114. The number of likely N-dealkylation sites (tertiary alicyclic amines) is 1. The van der Waals surface area contributed by atoms with Crippen molar-refractivity contribution >= 4 is 11.7 Å². The van der Waals surface area contributed by atoms with Gasteiger partial charge in [0.05, 0.1) is 5.69 Å². The van der Waals surface area contributed by atoms with Crippen LogP contribution in [-0.4, -0.2) is 44.7 Å². The summed E-state index contributed by atoms with van der Waals surface area (Å²) in [5, 5.41) is 6.73. The summed E-state index contributed by atoms with van der Waals surface area (Å²) in [5.41, 5.74) is 1.33. The number of anilines is 1. The van der Waals surface area contributed by atoms with Crippen LogP contribution in [-0.2, 0) is 0 Å². The number of carbonyl (C=O) groups excluding carboxylic acids is 1. The maximum absolute atomic E-state index is 13.1. The van der Waals surface area contributed by atoms with Crippen molar-refractivity contribution in [3.8, 4) is 5.69 Å². The summed E-state index contributed by atoms with van der Waals surface area (Å²) >= 11 is 0. The van der Waals surface area contributed by atoms with Gasteiger partial charge in [-0.3, -0.25) is 0 Å². The van der Waals surface area contributed by atoms with E-state index in [2.05, 4.69) is 15.4 Å². The van der Waals surface area contributed by atoms with E-state index in [4.69, 9.17) is 0 Å². The van der Waals surface area contributed by atoms with Crippen molar-refractivity contribution < 1.29 is 13.6 Å². The van der Waals surface area contributed by atoms with Gasteiger partial charge in [-0.25, -0.2) is 23.2 Å². The number of halogens is 2. The second kappa shape index (κ2) is 5.70. The molecule has 2 aromatic rings. The largest absolute Gasteiger partial charge is 0.324 e. The number of hydrogen-bond acceptors (Lipinski definition) is 3. The fourth-order valence-corrected chi connectivity index (χ4v) is 2.31. The highest BCUT2D eigenvalue weighted by Crippen LogP contribution is 2.28. The Hall–Kier alpha value is -2.51. The molecule has 2 heterocycles. The Labute approximate surface area is 125 Å². The molecular formula is C14H15F2N5O. The zero-order valence-corrected chi connectivity index (χ0v) is 11.7. The van der Waals surface area contributed by atoms with Crippen LogP contribution in [0.3, 0.4) is 0 Å². The molecule has 6 nitrogen and oxygen atoms in total. The van der Waals surface area contributed by atoms with Gasteiger partial charge in [0, 0.05) is 31.6 Å². The fourth-order valence-electron chi connectivity index (χ4n) is 2.31. The molecule has 0 radical (unpaired) electrons. The Bertz CT molecular complexity index is 649. The third kappa shape index (κ3) is 3.21. The highest BCUT2D eigenvalue weighted by atomic mass is 19.3. The first-order valence-electron chi connectivity index (χ1n) is 6.92. The summed E-state index contributed by atoms with van der Waals surface area (Å²) in [6, 6.07) is 6.70. The monoisotopic (exact) mass is 307 g/mol. The van der Waals surface area contributed by atoms with Crippen molar-refractivity contribution in [1.82, 2.24) is 19.7 Å². The van der Waals surface area contributed by atoms with Gasteiger partial charge in [0.25, 0.3) is 5.92 Å². The summed E-state index contributed by atoms with van der Waals surface area (Å²) in [5.74, 6) is -2.66.